The van der Waals surface area contributed by atoms with Crippen LogP contribution in [0, 0.1) is 5.41 Å². The van der Waals surface area contributed by atoms with Crippen molar-refractivity contribution in [3.05, 3.63) is 18.2 Å². The van der Waals surface area contributed by atoms with Crippen molar-refractivity contribution >= 4 is 21.4 Å². The third kappa shape index (κ3) is 3.01. The van der Waals surface area contributed by atoms with E-state index in [1.807, 2.05) is 0 Å². The van der Waals surface area contributed by atoms with Gasteiger partial charge in [0.25, 0.3) is 0 Å². The van der Waals surface area contributed by atoms with Gasteiger partial charge in [-0.3, -0.25) is 0 Å². The van der Waals surface area contributed by atoms with E-state index in [-0.39, 0.29) is 4.90 Å². The van der Waals surface area contributed by atoms with Crippen LogP contribution in [0.15, 0.2) is 23.1 Å². The summed E-state index contributed by atoms with van der Waals surface area (Å²) in [6.45, 7) is 3.09. The number of nitrogens with two attached hydrogens (primary N) is 1. The lowest BCUT2D eigenvalue weighted by Gasteiger charge is -2.16. The molecule has 0 unspecified atom stereocenters. The van der Waals surface area contributed by atoms with Gasteiger partial charge in [-0.25, -0.2) is 13.1 Å². The molecule has 1 saturated carbocycles. The van der Waals surface area contributed by atoms with Crippen molar-refractivity contribution in [2.24, 2.45) is 5.41 Å². The number of nitrogens with one attached hydrogen (secondary N) is 2. The Morgan fingerprint density at radius 1 is 1.37 bits per heavy atom. The molecule has 106 valence electrons. The fraction of sp³-hybridized carbons (Fsp3) is 0.538. The Morgan fingerprint density at radius 3 is 2.53 bits per heavy atom. The van der Waals surface area contributed by atoms with E-state index in [1.54, 1.807) is 12.1 Å². The van der Waals surface area contributed by atoms with Crippen molar-refractivity contribution in [1.29, 1.82) is 0 Å². The van der Waals surface area contributed by atoms with Gasteiger partial charge in [0.15, 0.2) is 0 Å². The minimum atomic E-state index is -3.43. The Labute approximate surface area is 114 Å². The van der Waals surface area contributed by atoms with Crippen molar-refractivity contribution in [2.75, 3.05) is 24.6 Å². The summed E-state index contributed by atoms with van der Waals surface area (Å²) < 4.78 is 25.6. The van der Waals surface area contributed by atoms with Crippen molar-refractivity contribution in [2.45, 2.75) is 31.1 Å². The molecule has 0 heterocycles. The van der Waals surface area contributed by atoms with Crippen LogP contribution in [-0.2, 0) is 10.0 Å². The molecule has 5 nitrogen and oxygen atoms in total. The van der Waals surface area contributed by atoms with Crippen LogP contribution >= 0.6 is 0 Å². The smallest absolute Gasteiger partial charge is 0.240 e. The highest BCUT2D eigenvalue weighted by Crippen LogP contribution is 2.48. The fourth-order valence-electron chi connectivity index (χ4n) is 2.10. The molecule has 1 aliphatic carbocycles. The van der Waals surface area contributed by atoms with Crippen LogP contribution in [0.3, 0.4) is 0 Å². The first-order valence-corrected chi connectivity index (χ1v) is 7.98. The maximum absolute atomic E-state index is 11.7. The monoisotopic (exact) mass is 283 g/mol. The Kier molecular flexibility index (Phi) is 3.73. The number of anilines is 2. The molecule has 1 fully saturated rings. The maximum Gasteiger partial charge on any atom is 0.240 e. The van der Waals surface area contributed by atoms with Crippen molar-refractivity contribution in [3.63, 3.8) is 0 Å². The van der Waals surface area contributed by atoms with Crippen LogP contribution in [0.4, 0.5) is 11.4 Å². The molecule has 0 radical (unpaired) electrons. The largest absolute Gasteiger partial charge is 0.397 e. The molecule has 1 aliphatic rings. The second-order valence-electron chi connectivity index (χ2n) is 5.16. The second-order valence-corrected chi connectivity index (χ2v) is 7.05. The first-order valence-electron chi connectivity index (χ1n) is 6.49. The normalized spacial score (nSPS) is 17.2. The third-order valence-electron chi connectivity index (χ3n) is 3.96. The topological polar surface area (TPSA) is 84.2 Å². The van der Waals surface area contributed by atoms with Gasteiger partial charge in [0.1, 0.15) is 0 Å². The second kappa shape index (κ2) is 5.02. The zero-order chi connectivity index (χ0) is 14.1. The first kappa shape index (κ1) is 14.1. The summed E-state index contributed by atoms with van der Waals surface area (Å²) in [7, 11) is -2.05. The highest BCUT2D eigenvalue weighted by atomic mass is 32.2. The van der Waals surface area contributed by atoms with E-state index in [1.165, 1.54) is 26.0 Å². The maximum atomic E-state index is 11.7. The average Bonchev–Trinajstić information content (AvgIpc) is 3.18. The zero-order valence-corrected chi connectivity index (χ0v) is 12.2. The van der Waals surface area contributed by atoms with Crippen LogP contribution in [0.5, 0.6) is 0 Å². The summed E-state index contributed by atoms with van der Waals surface area (Å²) >= 11 is 0. The Hall–Kier alpha value is -1.27. The molecule has 0 amide bonds. The predicted molar refractivity (Wildman–Crippen MR) is 77.5 cm³/mol. The van der Waals surface area contributed by atoms with Crippen LogP contribution < -0.4 is 15.8 Å². The van der Waals surface area contributed by atoms with Gasteiger partial charge in [-0.1, -0.05) is 6.92 Å². The molecule has 0 atom stereocenters. The van der Waals surface area contributed by atoms with Gasteiger partial charge < -0.3 is 11.1 Å². The lowest BCUT2D eigenvalue weighted by atomic mass is 10.0. The zero-order valence-electron chi connectivity index (χ0n) is 11.4. The fourth-order valence-corrected chi connectivity index (χ4v) is 2.87. The lowest BCUT2D eigenvalue weighted by Crippen LogP contribution is -2.19. The van der Waals surface area contributed by atoms with Crippen LogP contribution in [0.25, 0.3) is 0 Å². The van der Waals surface area contributed by atoms with E-state index in [0.29, 0.717) is 11.1 Å². The van der Waals surface area contributed by atoms with E-state index < -0.39 is 10.0 Å². The lowest BCUT2D eigenvalue weighted by molar-refractivity contribution is 0.521. The summed E-state index contributed by atoms with van der Waals surface area (Å²) in [6.07, 6.45) is 3.66. The van der Waals surface area contributed by atoms with E-state index in [9.17, 15) is 8.42 Å². The summed E-state index contributed by atoms with van der Waals surface area (Å²) in [6, 6.07) is 4.78. The molecule has 0 spiro atoms. The van der Waals surface area contributed by atoms with Crippen LogP contribution in [-0.4, -0.2) is 22.0 Å². The molecule has 19 heavy (non-hydrogen) atoms. The van der Waals surface area contributed by atoms with Crippen molar-refractivity contribution < 1.29 is 8.42 Å². The molecule has 6 heteroatoms. The van der Waals surface area contributed by atoms with Gasteiger partial charge in [0, 0.05) is 6.54 Å². The minimum absolute atomic E-state index is 0.190. The van der Waals surface area contributed by atoms with Gasteiger partial charge in [0.05, 0.1) is 16.3 Å². The quantitative estimate of drug-likeness (QED) is 0.695. The molecule has 2 rings (SSSR count). The molecule has 4 N–H and O–H groups in total. The molecule has 0 bridgehead atoms. The molecular weight excluding hydrogens is 262 g/mol. The predicted octanol–water partition coefficient (Wildman–Crippen LogP) is 1.78. The number of rotatable bonds is 6. The van der Waals surface area contributed by atoms with Gasteiger partial charge in [-0.2, -0.15) is 0 Å². The van der Waals surface area contributed by atoms with E-state index in [2.05, 4.69) is 17.0 Å². The van der Waals surface area contributed by atoms with Gasteiger partial charge in [0.2, 0.25) is 10.0 Å². The molecule has 1 aromatic carbocycles. The third-order valence-corrected chi connectivity index (χ3v) is 5.38. The minimum Gasteiger partial charge on any atom is -0.397 e. The highest BCUT2D eigenvalue weighted by molar-refractivity contribution is 7.89. The molecular formula is C13H21N3O2S. The molecule has 0 aliphatic heterocycles. The molecule has 0 aromatic heterocycles. The first-order chi connectivity index (χ1) is 8.92. The number of sulfonamides is 1. The van der Waals surface area contributed by atoms with Gasteiger partial charge in [-0.05, 0) is 49.9 Å². The van der Waals surface area contributed by atoms with E-state index in [4.69, 9.17) is 5.73 Å². The molecule has 1 aromatic rings. The Balaban J connectivity index is 2.12. The highest BCUT2D eigenvalue weighted by Gasteiger charge is 2.40. The van der Waals surface area contributed by atoms with Crippen molar-refractivity contribution in [1.82, 2.24) is 4.72 Å². The van der Waals surface area contributed by atoms with E-state index in [0.717, 1.165) is 18.7 Å². The van der Waals surface area contributed by atoms with Crippen molar-refractivity contribution in [3.8, 4) is 0 Å². The standard InChI is InChI=1S/C13H21N3O2S/c1-3-13(6-7-13)9-16-12-5-4-10(8-11(12)14)19(17,18)15-2/h4-5,8,15-16H,3,6-7,9,14H2,1-2H3. The van der Waals surface area contributed by atoms with Gasteiger partial charge >= 0.3 is 0 Å². The average molecular weight is 283 g/mol. The number of hydrogen-bond acceptors (Lipinski definition) is 4. The Bertz CT molecular complexity index is 565. The number of hydrogen-bond donors (Lipinski definition) is 3. The Morgan fingerprint density at radius 2 is 2.05 bits per heavy atom. The number of nitrogen functional groups attached to an aromatic ring is 1. The summed E-state index contributed by atoms with van der Waals surface area (Å²) in [4.78, 5) is 0.190. The molecule has 0 saturated heterocycles. The summed E-state index contributed by atoms with van der Waals surface area (Å²) in [5.74, 6) is 0. The van der Waals surface area contributed by atoms with Gasteiger partial charge in [-0.15, -0.1) is 0 Å². The SMILES string of the molecule is CCC1(CNc2ccc(S(=O)(=O)NC)cc2N)CC1. The summed E-state index contributed by atoms with van der Waals surface area (Å²) in [5, 5.41) is 3.32. The summed E-state index contributed by atoms with van der Waals surface area (Å²) in [5.41, 5.74) is 7.59. The van der Waals surface area contributed by atoms with E-state index >= 15 is 0 Å². The van der Waals surface area contributed by atoms with Crippen LogP contribution in [0.1, 0.15) is 26.2 Å². The number of benzene rings is 1. The van der Waals surface area contributed by atoms with Crippen LogP contribution in [0.2, 0.25) is 0 Å².